The van der Waals surface area contributed by atoms with Gasteiger partial charge in [-0.3, -0.25) is 14.6 Å². The van der Waals surface area contributed by atoms with Crippen molar-refractivity contribution in [3.63, 3.8) is 0 Å². The summed E-state index contributed by atoms with van der Waals surface area (Å²) in [6.45, 7) is 2.25. The van der Waals surface area contributed by atoms with Gasteiger partial charge in [-0.1, -0.05) is 6.07 Å². The fourth-order valence-corrected chi connectivity index (χ4v) is 3.30. The number of hydrogen-bond donors (Lipinski definition) is 2. The molecular formula is C22H19BrFN3O4. The molecule has 2 N–H and O–H groups in total. The Morgan fingerprint density at radius 2 is 1.84 bits per heavy atom. The van der Waals surface area contributed by atoms with Crippen LogP contribution < -0.4 is 20.1 Å². The molecule has 31 heavy (non-hydrogen) atoms. The van der Waals surface area contributed by atoms with Crippen LogP contribution in [-0.4, -0.2) is 30.5 Å². The van der Waals surface area contributed by atoms with Crippen LogP contribution in [0.1, 0.15) is 27.8 Å². The summed E-state index contributed by atoms with van der Waals surface area (Å²) < 4.78 is 25.2. The summed E-state index contributed by atoms with van der Waals surface area (Å²) in [4.78, 5) is 29.2. The molecule has 2 aromatic carbocycles. The lowest BCUT2D eigenvalue weighted by Gasteiger charge is -2.15. The van der Waals surface area contributed by atoms with Crippen molar-refractivity contribution in [1.29, 1.82) is 0 Å². The van der Waals surface area contributed by atoms with Gasteiger partial charge in [-0.05, 0) is 65.3 Å². The Morgan fingerprint density at radius 1 is 1.06 bits per heavy atom. The average Bonchev–Trinajstić information content (AvgIpc) is 2.77. The molecule has 160 valence electrons. The van der Waals surface area contributed by atoms with Crippen LogP contribution in [0.5, 0.6) is 11.5 Å². The second-order valence-electron chi connectivity index (χ2n) is 6.24. The molecule has 0 aliphatic carbocycles. The molecule has 3 rings (SSSR count). The summed E-state index contributed by atoms with van der Waals surface area (Å²) in [5.41, 5.74) is 0.753. The molecule has 0 aliphatic rings. The van der Waals surface area contributed by atoms with Crippen LogP contribution in [0.2, 0.25) is 0 Å². The number of halogens is 2. The van der Waals surface area contributed by atoms with Gasteiger partial charge < -0.3 is 20.1 Å². The van der Waals surface area contributed by atoms with Crippen LogP contribution >= 0.6 is 15.9 Å². The van der Waals surface area contributed by atoms with Gasteiger partial charge in [-0.15, -0.1) is 0 Å². The number of aromatic nitrogens is 1. The molecular weight excluding hydrogens is 469 g/mol. The molecule has 0 aliphatic heterocycles. The van der Waals surface area contributed by atoms with E-state index in [0.717, 1.165) is 6.07 Å². The Kier molecular flexibility index (Phi) is 7.19. The molecule has 0 atom stereocenters. The van der Waals surface area contributed by atoms with Crippen LogP contribution in [0.15, 0.2) is 59.2 Å². The van der Waals surface area contributed by atoms with Gasteiger partial charge in [0.05, 0.1) is 29.6 Å². The number of amides is 2. The van der Waals surface area contributed by atoms with Gasteiger partial charge in [0, 0.05) is 11.8 Å². The third-order valence-electron chi connectivity index (χ3n) is 4.16. The zero-order chi connectivity index (χ0) is 22.4. The normalized spacial score (nSPS) is 10.3. The number of nitrogens with zero attached hydrogens (tertiary/aromatic N) is 1. The smallest absolute Gasteiger partial charge is 0.274 e. The van der Waals surface area contributed by atoms with E-state index in [1.165, 1.54) is 31.5 Å². The van der Waals surface area contributed by atoms with Crippen molar-refractivity contribution in [2.45, 2.75) is 6.92 Å². The van der Waals surface area contributed by atoms with Gasteiger partial charge in [0.2, 0.25) is 0 Å². The van der Waals surface area contributed by atoms with E-state index >= 15 is 0 Å². The van der Waals surface area contributed by atoms with Gasteiger partial charge in [-0.2, -0.15) is 0 Å². The number of anilines is 2. The monoisotopic (exact) mass is 487 g/mol. The Bertz CT molecular complexity index is 1110. The summed E-state index contributed by atoms with van der Waals surface area (Å²) >= 11 is 3.37. The van der Waals surface area contributed by atoms with E-state index < -0.39 is 17.6 Å². The van der Waals surface area contributed by atoms with Crippen LogP contribution in [-0.2, 0) is 0 Å². The fourth-order valence-electron chi connectivity index (χ4n) is 2.74. The molecule has 1 heterocycles. The molecule has 0 radical (unpaired) electrons. The standard InChI is InChI=1S/C22H19BrFN3O4/c1-3-31-20-15(23)10-13(11-19(20)30-2)21(28)27-18-12-14(24)7-8-16(18)26-22(29)17-6-4-5-9-25-17/h4-12H,3H2,1-2H3,(H,26,29)(H,27,28). The number of benzene rings is 2. The Morgan fingerprint density at radius 3 is 2.52 bits per heavy atom. The molecule has 1 aromatic heterocycles. The highest BCUT2D eigenvalue weighted by Gasteiger charge is 2.18. The maximum atomic E-state index is 13.9. The number of ether oxygens (including phenoxy) is 2. The minimum Gasteiger partial charge on any atom is -0.493 e. The van der Waals surface area contributed by atoms with E-state index in [2.05, 4.69) is 31.5 Å². The first-order valence-electron chi connectivity index (χ1n) is 9.26. The molecule has 0 spiro atoms. The summed E-state index contributed by atoms with van der Waals surface area (Å²) in [7, 11) is 1.46. The predicted octanol–water partition coefficient (Wildman–Crippen LogP) is 4.90. The summed E-state index contributed by atoms with van der Waals surface area (Å²) in [6, 6.07) is 11.6. The van der Waals surface area contributed by atoms with Crippen molar-refractivity contribution >= 4 is 39.1 Å². The van der Waals surface area contributed by atoms with Crippen molar-refractivity contribution < 1.29 is 23.5 Å². The molecule has 2 amide bonds. The number of pyridine rings is 1. The van der Waals surface area contributed by atoms with Crippen molar-refractivity contribution in [2.24, 2.45) is 0 Å². The van der Waals surface area contributed by atoms with Crippen LogP contribution in [0.4, 0.5) is 15.8 Å². The third kappa shape index (κ3) is 5.37. The summed E-state index contributed by atoms with van der Waals surface area (Å²) in [6.07, 6.45) is 1.49. The van der Waals surface area contributed by atoms with E-state index in [0.29, 0.717) is 22.6 Å². The van der Waals surface area contributed by atoms with Gasteiger partial charge >= 0.3 is 0 Å². The van der Waals surface area contributed by atoms with Gasteiger partial charge in [0.15, 0.2) is 11.5 Å². The molecule has 0 bridgehead atoms. The molecule has 9 heteroatoms. The van der Waals surface area contributed by atoms with Crippen molar-refractivity contribution in [2.75, 3.05) is 24.4 Å². The van der Waals surface area contributed by atoms with Gasteiger partial charge in [0.25, 0.3) is 11.8 Å². The minimum absolute atomic E-state index is 0.0956. The predicted molar refractivity (Wildman–Crippen MR) is 118 cm³/mol. The second-order valence-corrected chi connectivity index (χ2v) is 7.09. The maximum Gasteiger partial charge on any atom is 0.274 e. The zero-order valence-corrected chi connectivity index (χ0v) is 18.3. The highest BCUT2D eigenvalue weighted by molar-refractivity contribution is 9.10. The SMILES string of the molecule is CCOc1c(Br)cc(C(=O)Nc2cc(F)ccc2NC(=O)c2ccccn2)cc1OC. The topological polar surface area (TPSA) is 89.6 Å². The highest BCUT2D eigenvalue weighted by atomic mass is 79.9. The number of methoxy groups -OCH3 is 1. The van der Waals surface area contributed by atoms with E-state index in [9.17, 15) is 14.0 Å². The largest absolute Gasteiger partial charge is 0.493 e. The zero-order valence-electron chi connectivity index (χ0n) is 16.7. The molecule has 7 nitrogen and oxygen atoms in total. The molecule has 0 unspecified atom stereocenters. The molecule has 3 aromatic rings. The number of carbonyl (C=O) groups is 2. The fraction of sp³-hybridized carbons (Fsp3) is 0.136. The average molecular weight is 488 g/mol. The first kappa shape index (κ1) is 22.2. The van der Waals surface area contributed by atoms with Crippen LogP contribution in [0, 0.1) is 5.82 Å². The quantitative estimate of drug-likeness (QED) is 0.494. The van der Waals surface area contributed by atoms with Crippen molar-refractivity contribution in [1.82, 2.24) is 4.98 Å². The number of carbonyl (C=O) groups excluding carboxylic acids is 2. The van der Waals surface area contributed by atoms with Crippen molar-refractivity contribution in [3.05, 3.63) is 76.3 Å². The maximum absolute atomic E-state index is 13.9. The van der Waals surface area contributed by atoms with Crippen LogP contribution in [0.25, 0.3) is 0 Å². The van der Waals surface area contributed by atoms with E-state index in [-0.39, 0.29) is 22.6 Å². The first-order valence-corrected chi connectivity index (χ1v) is 10.1. The second kappa shape index (κ2) is 10.0. The lowest BCUT2D eigenvalue weighted by atomic mass is 10.1. The lowest BCUT2D eigenvalue weighted by molar-refractivity contribution is 0.101. The molecule has 0 saturated carbocycles. The number of hydrogen-bond acceptors (Lipinski definition) is 5. The van der Waals surface area contributed by atoms with E-state index in [1.54, 1.807) is 24.3 Å². The Balaban J connectivity index is 1.87. The van der Waals surface area contributed by atoms with E-state index in [4.69, 9.17) is 9.47 Å². The minimum atomic E-state index is -0.573. The van der Waals surface area contributed by atoms with Gasteiger partial charge in [-0.25, -0.2) is 4.39 Å². The number of nitrogens with one attached hydrogen (secondary N) is 2. The summed E-state index contributed by atoms with van der Waals surface area (Å²) in [5.74, 6) is -0.759. The Labute approximate surface area is 186 Å². The lowest BCUT2D eigenvalue weighted by Crippen LogP contribution is -2.18. The molecule has 0 fully saturated rings. The van der Waals surface area contributed by atoms with Crippen LogP contribution in [0.3, 0.4) is 0 Å². The Hall–Kier alpha value is -3.46. The first-order chi connectivity index (χ1) is 14.9. The van der Waals surface area contributed by atoms with Gasteiger partial charge in [0.1, 0.15) is 11.5 Å². The highest BCUT2D eigenvalue weighted by Crippen LogP contribution is 2.37. The third-order valence-corrected chi connectivity index (χ3v) is 4.74. The molecule has 0 saturated heterocycles. The van der Waals surface area contributed by atoms with Crippen molar-refractivity contribution in [3.8, 4) is 11.5 Å². The summed E-state index contributed by atoms with van der Waals surface area (Å²) in [5, 5.41) is 5.26. The van der Waals surface area contributed by atoms with E-state index in [1.807, 2.05) is 6.92 Å². The number of rotatable bonds is 7.